The van der Waals surface area contributed by atoms with Crippen LogP contribution in [0.5, 0.6) is 0 Å². The second kappa shape index (κ2) is 4.12. The van der Waals surface area contributed by atoms with Gasteiger partial charge in [0.2, 0.25) is 0 Å². The van der Waals surface area contributed by atoms with E-state index in [1.54, 1.807) is 0 Å². The average molecular weight is 226 g/mol. The molecule has 0 spiro atoms. The van der Waals surface area contributed by atoms with Crippen LogP contribution >= 0.6 is 22.9 Å². The Bertz CT molecular complexity index is 90.4. The molecule has 0 aromatic heterocycles. The predicted octanol–water partition coefficient (Wildman–Crippen LogP) is 1.71. The summed E-state index contributed by atoms with van der Waals surface area (Å²) in [6.07, 6.45) is 0. The first kappa shape index (κ1) is 8.20. The minimum absolute atomic E-state index is 1.03. The van der Waals surface area contributed by atoms with Gasteiger partial charge < -0.3 is 4.90 Å². The maximum absolute atomic E-state index is 3.97. The minimum Gasteiger partial charge on any atom is -0.363 e. The summed E-state index contributed by atoms with van der Waals surface area (Å²) in [5.74, 6) is 1.08. The number of hydrogen-bond donors (Lipinski definition) is 0. The molecule has 48 valence electrons. The van der Waals surface area contributed by atoms with Crippen LogP contribution in [0.1, 0.15) is 13.8 Å². The van der Waals surface area contributed by atoms with Crippen LogP contribution in [-0.2, 0) is 0 Å². The first-order valence-electron chi connectivity index (χ1n) is 2.59. The van der Waals surface area contributed by atoms with E-state index in [2.05, 4.69) is 15.0 Å². The van der Waals surface area contributed by atoms with Crippen LogP contribution in [-0.4, -0.2) is 24.3 Å². The van der Waals surface area contributed by atoms with Gasteiger partial charge in [0.25, 0.3) is 0 Å². The van der Waals surface area contributed by atoms with Gasteiger partial charge in [0.15, 0.2) is 0 Å². The summed E-state index contributed by atoms with van der Waals surface area (Å²) in [5.41, 5.74) is 0. The van der Waals surface area contributed by atoms with Crippen molar-refractivity contribution in [1.82, 2.24) is 4.90 Å². The molecule has 0 aromatic rings. The molecule has 0 fully saturated rings. The summed E-state index contributed by atoms with van der Waals surface area (Å²) in [6, 6.07) is 0. The molecule has 0 saturated heterocycles. The molecule has 8 heavy (non-hydrogen) atoms. The molecule has 0 aromatic carbocycles. The second-order valence-corrected chi connectivity index (χ2v) is 2.13. The van der Waals surface area contributed by atoms with Crippen LogP contribution in [0.4, 0.5) is 0 Å². The quantitative estimate of drug-likeness (QED) is 0.377. The van der Waals surface area contributed by atoms with E-state index < -0.39 is 0 Å². The van der Waals surface area contributed by atoms with E-state index in [4.69, 9.17) is 0 Å². The Balaban J connectivity index is 3.63. The molecule has 2 nitrogen and oxygen atoms in total. The first-order valence-corrected chi connectivity index (χ1v) is 3.55. The van der Waals surface area contributed by atoms with E-state index >= 15 is 0 Å². The minimum atomic E-state index is 1.03. The van der Waals surface area contributed by atoms with Crippen molar-refractivity contribution in [3.8, 4) is 0 Å². The third kappa shape index (κ3) is 2.49. The molecule has 0 aliphatic rings. The molecule has 0 aliphatic heterocycles. The SMILES string of the molecule is CCN(C)/C(C)=N\I. The van der Waals surface area contributed by atoms with Crippen LogP contribution in [0.25, 0.3) is 0 Å². The van der Waals surface area contributed by atoms with Crippen LogP contribution < -0.4 is 0 Å². The summed E-state index contributed by atoms with van der Waals surface area (Å²) in [4.78, 5) is 2.09. The smallest absolute Gasteiger partial charge is 0.107 e. The third-order valence-corrected chi connectivity index (χ3v) is 1.85. The summed E-state index contributed by atoms with van der Waals surface area (Å²) >= 11 is 2.00. The highest BCUT2D eigenvalue weighted by molar-refractivity contribution is 14.1. The van der Waals surface area contributed by atoms with E-state index in [0.29, 0.717) is 0 Å². The molecule has 3 heteroatoms. The molecule has 0 atom stereocenters. The predicted molar refractivity (Wildman–Crippen MR) is 45.4 cm³/mol. The molecule has 0 rings (SSSR count). The zero-order valence-electron chi connectivity index (χ0n) is 5.48. The number of hydrogen-bond acceptors (Lipinski definition) is 1. The lowest BCUT2D eigenvalue weighted by Crippen LogP contribution is -2.22. The van der Waals surface area contributed by atoms with Gasteiger partial charge in [0.1, 0.15) is 5.84 Å². The van der Waals surface area contributed by atoms with Gasteiger partial charge in [-0.2, -0.15) is 0 Å². The maximum atomic E-state index is 3.97. The van der Waals surface area contributed by atoms with E-state index in [9.17, 15) is 0 Å². The lowest BCUT2D eigenvalue weighted by molar-refractivity contribution is 0.534. The van der Waals surface area contributed by atoms with Gasteiger partial charge >= 0.3 is 0 Å². The van der Waals surface area contributed by atoms with Crippen molar-refractivity contribution in [2.75, 3.05) is 13.6 Å². The van der Waals surface area contributed by atoms with Gasteiger partial charge in [-0.3, -0.25) is 0 Å². The molecule has 0 unspecified atom stereocenters. The third-order valence-electron chi connectivity index (χ3n) is 1.15. The largest absolute Gasteiger partial charge is 0.363 e. The fourth-order valence-electron chi connectivity index (χ4n) is 0.293. The average Bonchev–Trinajstić information content (AvgIpc) is 1.84. The highest BCUT2D eigenvalue weighted by Gasteiger charge is 1.92. The van der Waals surface area contributed by atoms with E-state index in [1.165, 1.54) is 0 Å². The molecule has 0 aliphatic carbocycles. The molecular formula is C5H11IN2. The van der Waals surface area contributed by atoms with E-state index in [-0.39, 0.29) is 0 Å². The molecule has 0 amide bonds. The number of amidine groups is 1. The van der Waals surface area contributed by atoms with Gasteiger partial charge in [-0.25, -0.2) is 3.21 Å². The van der Waals surface area contributed by atoms with E-state index in [1.807, 2.05) is 36.8 Å². The van der Waals surface area contributed by atoms with Gasteiger partial charge in [0, 0.05) is 13.6 Å². The van der Waals surface area contributed by atoms with Crippen LogP contribution in [0, 0.1) is 0 Å². The first-order chi connectivity index (χ1) is 3.72. The van der Waals surface area contributed by atoms with Crippen molar-refractivity contribution in [3.63, 3.8) is 0 Å². The zero-order chi connectivity index (χ0) is 6.57. The Labute approximate surface area is 64.5 Å². The standard InChI is InChI=1S/C5H11IN2/c1-4-8(3)5(2)7-6/h4H2,1-3H3/b7-5-. The second-order valence-electron chi connectivity index (χ2n) is 1.65. The fraction of sp³-hybridized carbons (Fsp3) is 0.800. The van der Waals surface area contributed by atoms with Crippen molar-refractivity contribution < 1.29 is 0 Å². The van der Waals surface area contributed by atoms with E-state index in [0.717, 1.165) is 12.4 Å². The number of nitrogens with zero attached hydrogens (tertiary/aromatic N) is 2. The Morgan fingerprint density at radius 1 is 1.75 bits per heavy atom. The lowest BCUT2D eigenvalue weighted by atomic mass is 10.5. The summed E-state index contributed by atoms with van der Waals surface area (Å²) < 4.78 is 3.97. The van der Waals surface area contributed by atoms with Crippen molar-refractivity contribution in [2.24, 2.45) is 3.21 Å². The Morgan fingerprint density at radius 2 is 2.25 bits per heavy atom. The van der Waals surface area contributed by atoms with Crippen molar-refractivity contribution >= 4 is 28.7 Å². The summed E-state index contributed by atoms with van der Waals surface area (Å²) in [5, 5.41) is 0. The molecule has 0 heterocycles. The zero-order valence-corrected chi connectivity index (χ0v) is 7.64. The molecule has 0 saturated carbocycles. The van der Waals surface area contributed by atoms with Gasteiger partial charge in [-0.05, 0) is 13.8 Å². The Kier molecular flexibility index (Phi) is 4.22. The highest BCUT2D eigenvalue weighted by atomic mass is 127. The topological polar surface area (TPSA) is 15.6 Å². The van der Waals surface area contributed by atoms with Crippen molar-refractivity contribution in [2.45, 2.75) is 13.8 Å². The molecule has 0 N–H and O–H groups in total. The molecule has 0 bridgehead atoms. The normalized spacial score (nSPS) is 11.8. The van der Waals surface area contributed by atoms with Crippen molar-refractivity contribution in [3.05, 3.63) is 0 Å². The van der Waals surface area contributed by atoms with Gasteiger partial charge in [0.05, 0.1) is 22.9 Å². The molecular weight excluding hydrogens is 215 g/mol. The van der Waals surface area contributed by atoms with Crippen LogP contribution in [0.15, 0.2) is 3.21 Å². The van der Waals surface area contributed by atoms with Gasteiger partial charge in [-0.15, -0.1) is 0 Å². The highest BCUT2D eigenvalue weighted by Crippen LogP contribution is 1.90. The summed E-state index contributed by atoms with van der Waals surface area (Å²) in [6.45, 7) is 5.12. The lowest BCUT2D eigenvalue weighted by Gasteiger charge is -2.13. The molecule has 0 radical (unpaired) electrons. The fourth-order valence-corrected chi connectivity index (χ4v) is 0.662. The summed E-state index contributed by atoms with van der Waals surface area (Å²) in [7, 11) is 2.03. The monoisotopic (exact) mass is 226 g/mol. The number of halogens is 1. The van der Waals surface area contributed by atoms with Gasteiger partial charge in [-0.1, -0.05) is 0 Å². The Morgan fingerprint density at radius 3 is 2.38 bits per heavy atom. The van der Waals surface area contributed by atoms with Crippen molar-refractivity contribution in [1.29, 1.82) is 0 Å². The Hall–Kier alpha value is 0.200. The maximum Gasteiger partial charge on any atom is 0.107 e. The van der Waals surface area contributed by atoms with Crippen LogP contribution in [0.3, 0.4) is 0 Å². The van der Waals surface area contributed by atoms with Crippen LogP contribution in [0.2, 0.25) is 0 Å². The number of rotatable bonds is 1.